The molecule has 6 aromatic rings. The minimum Gasteiger partial charge on any atom is -0.481 e. The number of carboxylic acid groups (broad SMARTS) is 2. The van der Waals surface area contributed by atoms with Crippen LogP contribution in [-0.2, 0) is 22.4 Å². The standard InChI is InChI=1S/C28H20ClN7O3S.C2HF3O2/c29-18-2-4-23(35-14-31-33-34-35)20(11-18)16-7-19-3-5-24(36(19)26(37)9-16)28-30-12-22(32-28)15-1-6-25-21(8-15)17(13-40-25)10-27(38)39;3-2(4,5)1(6)7/h1-2,4,6-9,11-14,24H,3,5,10H2,(H,30,32)(H,38,39);(H,6,7)/t24-;/m0./s1. The second kappa shape index (κ2) is 12.4. The number of alkyl halides is 3. The Hall–Kier alpha value is -5.35. The Kier molecular flexibility index (Phi) is 8.38. The van der Waals surface area contributed by atoms with Crippen LogP contribution in [-0.4, -0.2) is 63.1 Å². The van der Waals surface area contributed by atoms with Gasteiger partial charge in [-0.2, -0.15) is 17.9 Å². The van der Waals surface area contributed by atoms with Gasteiger partial charge in [-0.1, -0.05) is 17.7 Å². The van der Waals surface area contributed by atoms with Crippen molar-refractivity contribution in [2.45, 2.75) is 31.5 Å². The first-order valence-electron chi connectivity index (χ1n) is 13.7. The Morgan fingerprint density at radius 1 is 1.09 bits per heavy atom. The number of H-pyrrole nitrogens is 1. The van der Waals surface area contributed by atoms with E-state index in [1.54, 1.807) is 27.6 Å². The van der Waals surface area contributed by atoms with Crippen LogP contribution < -0.4 is 5.56 Å². The fraction of sp³-hybridized carbons (Fsp3) is 0.167. The van der Waals surface area contributed by atoms with Crippen molar-refractivity contribution in [1.82, 2.24) is 34.7 Å². The summed E-state index contributed by atoms with van der Waals surface area (Å²) in [5.41, 5.74) is 5.52. The van der Waals surface area contributed by atoms with Crippen molar-refractivity contribution < 1.29 is 33.0 Å². The second-order valence-corrected chi connectivity index (χ2v) is 11.8. The van der Waals surface area contributed by atoms with Gasteiger partial charge in [0.2, 0.25) is 0 Å². The topological polar surface area (TPSA) is 169 Å². The molecule has 1 atom stereocenters. The van der Waals surface area contributed by atoms with Crippen molar-refractivity contribution in [3.8, 4) is 28.1 Å². The van der Waals surface area contributed by atoms with Crippen LogP contribution in [0.4, 0.5) is 13.2 Å². The molecule has 17 heteroatoms. The molecule has 0 fully saturated rings. The third-order valence-corrected chi connectivity index (χ3v) is 8.71. The maximum absolute atomic E-state index is 13.5. The van der Waals surface area contributed by atoms with Crippen LogP contribution in [0.1, 0.15) is 29.5 Å². The minimum atomic E-state index is -5.08. The third-order valence-electron chi connectivity index (χ3n) is 7.46. The number of hydrogen-bond acceptors (Lipinski definition) is 8. The summed E-state index contributed by atoms with van der Waals surface area (Å²) in [6.07, 6.45) is -0.396. The normalized spacial score (nSPS) is 14.1. The molecule has 0 unspecified atom stereocenters. The zero-order chi connectivity index (χ0) is 33.5. The first kappa shape index (κ1) is 31.6. The molecule has 3 N–H and O–H groups in total. The smallest absolute Gasteiger partial charge is 0.481 e. The summed E-state index contributed by atoms with van der Waals surface area (Å²) in [5.74, 6) is -2.91. The molecule has 12 nitrogen and oxygen atoms in total. The first-order valence-corrected chi connectivity index (χ1v) is 15.0. The first-order chi connectivity index (χ1) is 22.4. The molecule has 0 bridgehead atoms. The lowest BCUT2D eigenvalue weighted by atomic mass is 10.0. The molecule has 5 heterocycles. The van der Waals surface area contributed by atoms with E-state index in [0.29, 0.717) is 17.3 Å². The highest BCUT2D eigenvalue weighted by molar-refractivity contribution is 7.17. The number of nitrogens with zero attached hydrogens (tertiary/aromatic N) is 6. The third kappa shape index (κ3) is 6.50. The summed E-state index contributed by atoms with van der Waals surface area (Å²) in [4.78, 5) is 41.7. The number of thiophene rings is 1. The maximum atomic E-state index is 13.5. The van der Waals surface area contributed by atoms with Crippen LogP contribution in [0.3, 0.4) is 0 Å². The van der Waals surface area contributed by atoms with Gasteiger partial charge >= 0.3 is 18.1 Å². The number of fused-ring (bicyclic) bond motifs is 2. The Morgan fingerprint density at radius 2 is 1.87 bits per heavy atom. The largest absolute Gasteiger partial charge is 0.490 e. The number of hydrogen-bond donors (Lipinski definition) is 3. The van der Waals surface area contributed by atoms with E-state index in [0.717, 1.165) is 55.8 Å². The number of rotatable bonds is 6. The lowest BCUT2D eigenvalue weighted by molar-refractivity contribution is -0.192. The van der Waals surface area contributed by atoms with Gasteiger partial charge in [0.1, 0.15) is 12.2 Å². The number of pyridine rings is 1. The Labute approximate surface area is 270 Å². The van der Waals surface area contributed by atoms with Gasteiger partial charge in [-0.05, 0) is 81.6 Å². The molecule has 1 aliphatic rings. The summed E-state index contributed by atoms with van der Waals surface area (Å²) < 4.78 is 36.1. The quantitative estimate of drug-likeness (QED) is 0.204. The van der Waals surface area contributed by atoms with E-state index >= 15 is 0 Å². The van der Waals surface area contributed by atoms with Gasteiger partial charge in [0.25, 0.3) is 5.56 Å². The van der Waals surface area contributed by atoms with Gasteiger partial charge in [-0.15, -0.1) is 16.4 Å². The molecule has 0 saturated heterocycles. The molecule has 0 aliphatic carbocycles. The van der Waals surface area contributed by atoms with Gasteiger partial charge in [0, 0.05) is 32.6 Å². The molecule has 47 heavy (non-hydrogen) atoms. The van der Waals surface area contributed by atoms with Crippen molar-refractivity contribution in [2.24, 2.45) is 0 Å². The Bertz CT molecular complexity index is 2190. The van der Waals surface area contributed by atoms with E-state index in [1.807, 2.05) is 41.8 Å². The monoisotopic (exact) mass is 683 g/mol. The summed E-state index contributed by atoms with van der Waals surface area (Å²) >= 11 is 7.85. The summed E-state index contributed by atoms with van der Waals surface area (Å²) in [6, 6.07) is 14.8. The number of carbonyl (C=O) groups is 2. The molecular weight excluding hydrogens is 663 g/mol. The van der Waals surface area contributed by atoms with Gasteiger partial charge in [0.05, 0.1) is 30.0 Å². The van der Waals surface area contributed by atoms with Crippen molar-refractivity contribution >= 4 is 45.0 Å². The predicted octanol–water partition coefficient (Wildman–Crippen LogP) is 5.55. The molecule has 7 rings (SSSR count). The van der Waals surface area contributed by atoms with Crippen molar-refractivity contribution in [3.05, 3.63) is 98.9 Å². The van der Waals surface area contributed by atoms with E-state index in [1.165, 1.54) is 17.7 Å². The molecular formula is C30H21ClF3N7O5S. The molecule has 1 aliphatic heterocycles. The summed E-state index contributed by atoms with van der Waals surface area (Å²) in [5, 5.41) is 31.2. The molecule has 0 saturated carbocycles. The van der Waals surface area contributed by atoms with Crippen LogP contribution in [0.15, 0.2) is 71.2 Å². The Morgan fingerprint density at radius 3 is 2.57 bits per heavy atom. The minimum absolute atomic E-state index is 0.0200. The number of carboxylic acids is 2. The van der Waals surface area contributed by atoms with Crippen LogP contribution in [0.2, 0.25) is 5.02 Å². The highest BCUT2D eigenvalue weighted by Gasteiger charge is 2.38. The zero-order valence-corrected chi connectivity index (χ0v) is 25.3. The number of tetrazole rings is 1. The number of aliphatic carboxylic acids is 2. The van der Waals surface area contributed by atoms with Crippen LogP contribution in [0.25, 0.3) is 38.2 Å². The number of aromatic nitrogens is 7. The second-order valence-electron chi connectivity index (χ2n) is 10.4. The van der Waals surface area contributed by atoms with Gasteiger partial charge in [0.15, 0.2) is 0 Å². The molecule has 240 valence electrons. The molecule has 0 spiro atoms. The number of aromatic amines is 1. The number of benzene rings is 2. The predicted molar refractivity (Wildman–Crippen MR) is 165 cm³/mol. The van der Waals surface area contributed by atoms with Crippen molar-refractivity contribution in [2.75, 3.05) is 0 Å². The zero-order valence-electron chi connectivity index (χ0n) is 23.8. The number of nitrogens with one attached hydrogen (secondary N) is 1. The van der Waals surface area contributed by atoms with E-state index in [9.17, 15) is 27.9 Å². The van der Waals surface area contributed by atoms with E-state index < -0.39 is 18.1 Å². The number of imidazole rings is 1. The van der Waals surface area contributed by atoms with Crippen LogP contribution in [0, 0.1) is 0 Å². The van der Waals surface area contributed by atoms with E-state index in [4.69, 9.17) is 21.5 Å². The molecule has 4 aromatic heterocycles. The fourth-order valence-corrected chi connectivity index (χ4v) is 6.54. The summed E-state index contributed by atoms with van der Waals surface area (Å²) in [7, 11) is 0. The highest BCUT2D eigenvalue weighted by Crippen LogP contribution is 2.35. The van der Waals surface area contributed by atoms with Crippen LogP contribution in [0.5, 0.6) is 0 Å². The Balaban J connectivity index is 0.000000499. The van der Waals surface area contributed by atoms with E-state index in [-0.39, 0.29) is 18.0 Å². The SMILES string of the molecule is O=C(O)C(F)(F)F.O=C(O)Cc1csc2ccc(-c3cnc([C@@H]4CCc5cc(-c6cc(Cl)ccc6-n6cnnn6)cc(=O)n54)[nH]3)cc12. The van der Waals surface area contributed by atoms with Crippen molar-refractivity contribution in [1.29, 1.82) is 0 Å². The van der Waals surface area contributed by atoms with E-state index in [2.05, 4.69) is 25.5 Å². The lowest BCUT2D eigenvalue weighted by Crippen LogP contribution is -2.23. The fourth-order valence-electron chi connectivity index (χ4n) is 5.42. The molecule has 0 radical (unpaired) electrons. The summed E-state index contributed by atoms with van der Waals surface area (Å²) in [6.45, 7) is 0. The lowest BCUT2D eigenvalue weighted by Gasteiger charge is -2.15. The van der Waals surface area contributed by atoms with Gasteiger partial charge in [-0.25, -0.2) is 9.78 Å². The average Bonchev–Trinajstić information content (AvgIpc) is 3.83. The highest BCUT2D eigenvalue weighted by atomic mass is 35.5. The number of halogens is 4. The maximum Gasteiger partial charge on any atom is 0.490 e. The van der Waals surface area contributed by atoms with Crippen LogP contribution >= 0.6 is 22.9 Å². The van der Waals surface area contributed by atoms with Crippen molar-refractivity contribution in [3.63, 3.8) is 0 Å². The number of aryl methyl sites for hydroxylation is 1. The molecule has 2 aromatic carbocycles. The van der Waals surface area contributed by atoms with Gasteiger partial charge in [-0.3, -0.25) is 9.59 Å². The van der Waals surface area contributed by atoms with Gasteiger partial charge < -0.3 is 19.8 Å². The molecule has 0 amide bonds. The average molecular weight is 684 g/mol.